The zero-order valence-electron chi connectivity index (χ0n) is 13.0. The molecular weight excluding hydrogens is 255 g/mol. The summed E-state index contributed by atoms with van der Waals surface area (Å²) in [4.78, 5) is 11.8. The Bertz CT molecular complexity index is 524. The fourth-order valence-corrected chi connectivity index (χ4v) is 2.44. The van der Waals surface area contributed by atoms with Crippen molar-refractivity contribution in [3.8, 4) is 0 Å². The highest BCUT2D eigenvalue weighted by Crippen LogP contribution is 2.36. The number of Topliss-reactive ketones (excluding diaryl/α,β-unsaturated/α-hetero) is 1. The number of hydrogen-bond acceptors (Lipinski definition) is 3. The van der Waals surface area contributed by atoms with E-state index >= 15 is 0 Å². The van der Waals surface area contributed by atoms with Crippen LogP contribution in [0, 0.1) is 5.92 Å². The molecule has 1 aliphatic heterocycles. The van der Waals surface area contributed by atoms with Crippen LogP contribution in [0.25, 0.3) is 0 Å². The second kappa shape index (κ2) is 4.24. The maximum absolute atomic E-state index is 11.8. The first-order chi connectivity index (χ1) is 9.21. The molecule has 0 atom stereocenters. The van der Waals surface area contributed by atoms with Gasteiger partial charge in [-0.15, -0.1) is 0 Å². The molecule has 1 aliphatic carbocycles. The Hall–Kier alpha value is -1.01. The van der Waals surface area contributed by atoms with Gasteiger partial charge in [-0.1, -0.05) is 0 Å². The molecule has 2 fully saturated rings. The minimum Gasteiger partial charge on any atom is -0.398 e. The number of carbonyl (C=O) groups excluding carboxylic acids is 1. The van der Waals surface area contributed by atoms with Crippen LogP contribution in [-0.2, 0) is 27.7 Å². The second-order valence-corrected chi connectivity index (χ2v) is 7.00. The van der Waals surface area contributed by atoms with Crippen LogP contribution in [0.3, 0.4) is 0 Å². The summed E-state index contributed by atoms with van der Waals surface area (Å²) in [7, 11) is 1.60. The summed E-state index contributed by atoms with van der Waals surface area (Å²) in [5, 5.41) is 0. The monoisotopic (exact) mass is 278 g/mol. The van der Waals surface area contributed by atoms with Gasteiger partial charge in [-0.05, 0) is 40.5 Å². The summed E-state index contributed by atoms with van der Waals surface area (Å²) in [6, 6.07) is 0. The Morgan fingerprint density at radius 1 is 1.30 bits per heavy atom. The Morgan fingerprint density at radius 3 is 2.30 bits per heavy atom. The van der Waals surface area contributed by atoms with Gasteiger partial charge in [0.25, 0.3) is 0 Å². The lowest BCUT2D eigenvalue weighted by atomic mass is 9.84. The molecule has 2 aliphatic rings. The van der Waals surface area contributed by atoms with Gasteiger partial charge in [0.15, 0.2) is 5.78 Å². The molecule has 0 spiro atoms. The van der Waals surface area contributed by atoms with Crippen LogP contribution in [0.2, 0.25) is 0 Å². The third kappa shape index (κ3) is 2.15. The molecule has 2 heterocycles. The van der Waals surface area contributed by atoms with Crippen molar-refractivity contribution in [3.63, 3.8) is 0 Å². The van der Waals surface area contributed by atoms with Gasteiger partial charge in [0.1, 0.15) is 0 Å². The van der Waals surface area contributed by atoms with E-state index in [0.717, 1.165) is 18.4 Å². The number of rotatable bonds is 4. The molecule has 0 bridgehead atoms. The van der Waals surface area contributed by atoms with E-state index in [0.29, 0.717) is 18.2 Å². The highest BCUT2D eigenvalue weighted by Gasteiger charge is 2.53. The highest BCUT2D eigenvalue weighted by atomic mass is 16.7. The van der Waals surface area contributed by atoms with E-state index in [1.807, 2.05) is 50.3 Å². The first-order valence-corrected chi connectivity index (χ1v) is 7.32. The molecular formula is C14H23BN2O3. The summed E-state index contributed by atoms with van der Waals surface area (Å²) in [5.74, 6) is 0.638. The quantitative estimate of drug-likeness (QED) is 0.775. The van der Waals surface area contributed by atoms with Crippen molar-refractivity contribution in [2.75, 3.05) is 0 Å². The fourth-order valence-electron chi connectivity index (χ4n) is 2.44. The van der Waals surface area contributed by atoms with E-state index in [1.54, 1.807) is 0 Å². The lowest BCUT2D eigenvalue weighted by Gasteiger charge is -2.32. The summed E-state index contributed by atoms with van der Waals surface area (Å²) in [6.45, 7) is 8.63. The third-order valence-corrected chi connectivity index (χ3v) is 4.89. The van der Waals surface area contributed by atoms with Crippen molar-refractivity contribution in [1.29, 1.82) is 0 Å². The molecule has 1 saturated heterocycles. The molecule has 0 amide bonds. The summed E-state index contributed by atoms with van der Waals surface area (Å²) in [6.07, 6.45) is 4.08. The van der Waals surface area contributed by atoms with Crippen molar-refractivity contribution < 1.29 is 14.1 Å². The van der Waals surface area contributed by atoms with Crippen LogP contribution >= 0.6 is 0 Å². The number of ketones is 1. The van der Waals surface area contributed by atoms with Crippen LogP contribution in [0.5, 0.6) is 0 Å². The average Bonchev–Trinajstić information content (AvgIpc) is 3.12. The fraction of sp³-hybridized carbons (Fsp3) is 0.786. The van der Waals surface area contributed by atoms with Crippen LogP contribution < -0.4 is 5.59 Å². The molecule has 5 nitrogen and oxygen atoms in total. The summed E-state index contributed by atoms with van der Waals surface area (Å²) < 4.78 is 15.9. The smallest absolute Gasteiger partial charge is 0.398 e. The Morgan fingerprint density at radius 2 is 1.85 bits per heavy atom. The van der Waals surface area contributed by atoms with Crippen molar-refractivity contribution in [2.45, 2.75) is 58.3 Å². The van der Waals surface area contributed by atoms with E-state index in [4.69, 9.17) is 9.31 Å². The minimum absolute atomic E-state index is 0.303. The van der Waals surface area contributed by atoms with Crippen molar-refractivity contribution in [2.24, 2.45) is 13.0 Å². The van der Waals surface area contributed by atoms with Gasteiger partial charge in [-0.25, -0.2) is 0 Å². The Balaban J connectivity index is 1.69. The average molecular weight is 278 g/mol. The van der Waals surface area contributed by atoms with E-state index in [2.05, 4.69) is 0 Å². The van der Waals surface area contributed by atoms with Gasteiger partial charge in [0.2, 0.25) is 0 Å². The molecule has 0 aromatic carbocycles. The third-order valence-electron chi connectivity index (χ3n) is 4.89. The largest absolute Gasteiger partial charge is 0.515 e. The van der Waals surface area contributed by atoms with Gasteiger partial charge < -0.3 is 9.31 Å². The predicted octanol–water partition coefficient (Wildman–Crippen LogP) is 1.10. The Kier molecular flexibility index (Phi) is 2.96. The first-order valence-electron chi connectivity index (χ1n) is 7.32. The van der Waals surface area contributed by atoms with Gasteiger partial charge >= 0.3 is 7.12 Å². The zero-order valence-corrected chi connectivity index (χ0v) is 13.0. The molecule has 110 valence electrons. The van der Waals surface area contributed by atoms with Crippen LogP contribution in [0.4, 0.5) is 0 Å². The molecule has 6 heteroatoms. The van der Waals surface area contributed by atoms with E-state index in [-0.39, 0.29) is 18.3 Å². The maximum Gasteiger partial charge on any atom is 0.515 e. The van der Waals surface area contributed by atoms with Crippen LogP contribution in [0.15, 0.2) is 6.20 Å². The lowest BCUT2D eigenvalue weighted by molar-refractivity contribution is -0.121. The number of carbonyl (C=O) groups is 1. The first kappa shape index (κ1) is 14.0. The van der Waals surface area contributed by atoms with E-state index < -0.39 is 0 Å². The number of hydrogen-bond donors (Lipinski definition) is 0. The van der Waals surface area contributed by atoms with Crippen LogP contribution in [-0.4, -0.2) is 33.5 Å². The molecule has 1 aromatic rings. The van der Waals surface area contributed by atoms with Crippen LogP contribution in [0.1, 0.15) is 40.5 Å². The van der Waals surface area contributed by atoms with Gasteiger partial charge in [0.05, 0.1) is 23.3 Å². The minimum atomic E-state index is -0.350. The summed E-state index contributed by atoms with van der Waals surface area (Å²) >= 11 is 0. The topological polar surface area (TPSA) is 45.4 Å². The molecule has 0 unspecified atom stereocenters. The molecule has 0 N–H and O–H groups in total. The normalized spacial score (nSPS) is 24.4. The molecule has 1 saturated carbocycles. The number of aromatic nitrogens is 2. The molecule has 0 radical (unpaired) electrons. The lowest BCUT2D eigenvalue weighted by Crippen LogP contribution is -2.49. The van der Waals surface area contributed by atoms with Crippen molar-refractivity contribution in [1.82, 2.24) is 9.36 Å². The SMILES string of the molecule is Cn1c(B2OC(C)(C)C(C)(C)O2)cn1CC(=O)C1CC1. The number of nitrogens with zero attached hydrogens (tertiary/aromatic N) is 2. The van der Waals surface area contributed by atoms with Gasteiger partial charge in [-0.3, -0.25) is 14.2 Å². The maximum atomic E-state index is 11.8. The van der Waals surface area contributed by atoms with Crippen molar-refractivity contribution in [3.05, 3.63) is 6.20 Å². The molecule has 3 rings (SSSR count). The van der Waals surface area contributed by atoms with E-state index in [9.17, 15) is 4.79 Å². The molecule has 20 heavy (non-hydrogen) atoms. The Labute approximate surface area is 120 Å². The second-order valence-electron chi connectivity index (χ2n) is 7.00. The van der Waals surface area contributed by atoms with Gasteiger partial charge in [0, 0.05) is 19.2 Å². The zero-order chi connectivity index (χ0) is 14.7. The van der Waals surface area contributed by atoms with Crippen molar-refractivity contribution >= 4 is 18.5 Å². The summed E-state index contributed by atoms with van der Waals surface area (Å²) in [5.41, 5.74) is 0.319. The predicted molar refractivity (Wildman–Crippen MR) is 76.9 cm³/mol. The van der Waals surface area contributed by atoms with Gasteiger partial charge in [-0.2, -0.15) is 0 Å². The standard InChI is InChI=1S/C14H23BN2O3/c1-13(2)14(3,4)20-15(19-13)12-9-17(16(12)5)8-11(18)10-6-7-10/h9-10H,6-8H2,1-5H3. The van der Waals surface area contributed by atoms with E-state index in [1.165, 1.54) is 0 Å². The molecule has 1 aromatic heterocycles. The highest BCUT2D eigenvalue weighted by molar-refractivity contribution is 6.61.